The molecule has 1 saturated heterocycles. The van der Waals surface area contributed by atoms with Crippen LogP contribution in [0.3, 0.4) is 0 Å². The van der Waals surface area contributed by atoms with Crippen molar-refractivity contribution in [3.8, 4) is 0 Å². The largest absolute Gasteiger partial charge is 0.377 e. The fourth-order valence-corrected chi connectivity index (χ4v) is 4.39. The summed E-state index contributed by atoms with van der Waals surface area (Å²) in [6, 6.07) is 4.41. The number of aryl methyl sites for hydroxylation is 1. The zero-order chi connectivity index (χ0) is 19.3. The van der Waals surface area contributed by atoms with E-state index in [9.17, 15) is 0 Å². The lowest BCUT2D eigenvalue weighted by molar-refractivity contribution is 0.0766. The third-order valence-electron chi connectivity index (χ3n) is 5.57. The number of imidazole rings is 1. The Morgan fingerprint density at radius 1 is 1.21 bits per heavy atom. The molecule has 28 heavy (non-hydrogen) atoms. The van der Waals surface area contributed by atoms with E-state index in [0.29, 0.717) is 12.6 Å². The smallest absolute Gasteiger partial charge is 0.224 e. The van der Waals surface area contributed by atoms with Crippen molar-refractivity contribution >= 4 is 28.7 Å². The number of pyridine rings is 1. The Morgan fingerprint density at radius 2 is 2.11 bits per heavy atom. The van der Waals surface area contributed by atoms with Crippen molar-refractivity contribution in [2.24, 2.45) is 7.05 Å². The zero-order valence-electron chi connectivity index (χ0n) is 16.1. The minimum Gasteiger partial charge on any atom is -0.377 e. The minimum atomic E-state index is 0.218. The number of hydrogen-bond acceptors (Lipinski definition) is 8. The maximum Gasteiger partial charge on any atom is 0.224 e. The monoisotopic (exact) mass is 380 g/mol. The van der Waals surface area contributed by atoms with Gasteiger partial charge in [-0.2, -0.15) is 9.97 Å². The highest BCUT2D eigenvalue weighted by Crippen LogP contribution is 2.35. The molecule has 9 heteroatoms. The summed E-state index contributed by atoms with van der Waals surface area (Å²) in [4.78, 5) is 22.8. The molecule has 0 aromatic carbocycles. The third kappa shape index (κ3) is 2.73. The molecule has 146 valence electrons. The second-order valence-corrected chi connectivity index (χ2v) is 7.42. The molecular formula is C19H24N8O. The van der Waals surface area contributed by atoms with Gasteiger partial charge >= 0.3 is 0 Å². The number of fused-ring (bicyclic) bond motifs is 4. The molecule has 1 fully saturated rings. The molecule has 2 aliphatic heterocycles. The summed E-state index contributed by atoms with van der Waals surface area (Å²) in [6.45, 7) is 5.14. The minimum absolute atomic E-state index is 0.218. The number of nitrogens with two attached hydrogens (primary N) is 1. The molecule has 0 aliphatic carbocycles. The van der Waals surface area contributed by atoms with Gasteiger partial charge < -0.3 is 24.8 Å². The van der Waals surface area contributed by atoms with Gasteiger partial charge in [0.05, 0.1) is 18.5 Å². The molecule has 2 atom stereocenters. The molecule has 0 spiro atoms. The lowest BCUT2D eigenvalue weighted by Gasteiger charge is -2.27. The Balaban J connectivity index is 1.59. The Kier molecular flexibility index (Phi) is 4.04. The number of nitrogens with zero attached hydrogens (tertiary/aromatic N) is 7. The van der Waals surface area contributed by atoms with Gasteiger partial charge in [0.2, 0.25) is 5.95 Å². The van der Waals surface area contributed by atoms with E-state index in [0.717, 1.165) is 48.9 Å². The lowest BCUT2D eigenvalue weighted by atomic mass is 10.2. The van der Waals surface area contributed by atoms with Crippen LogP contribution in [-0.4, -0.2) is 56.3 Å². The quantitative estimate of drug-likeness (QED) is 0.727. The van der Waals surface area contributed by atoms with E-state index in [1.165, 1.54) is 5.56 Å². The van der Waals surface area contributed by atoms with Gasteiger partial charge in [0, 0.05) is 45.0 Å². The van der Waals surface area contributed by atoms with Crippen molar-refractivity contribution < 1.29 is 4.74 Å². The first-order valence-electron chi connectivity index (χ1n) is 9.65. The van der Waals surface area contributed by atoms with Crippen molar-refractivity contribution in [1.29, 1.82) is 0 Å². The van der Waals surface area contributed by atoms with Crippen molar-refractivity contribution in [3.63, 3.8) is 0 Å². The van der Waals surface area contributed by atoms with Crippen LogP contribution in [0.4, 0.5) is 17.6 Å². The number of rotatable bonds is 3. The topological polar surface area (TPSA) is 98.2 Å². The Labute approximate surface area is 163 Å². The van der Waals surface area contributed by atoms with Gasteiger partial charge in [-0.1, -0.05) is 6.07 Å². The number of nitrogen functional groups attached to an aromatic ring is 1. The van der Waals surface area contributed by atoms with E-state index in [4.69, 9.17) is 15.5 Å². The van der Waals surface area contributed by atoms with E-state index in [2.05, 4.69) is 30.8 Å². The number of aromatic nitrogens is 5. The molecule has 0 saturated carbocycles. The average Bonchev–Trinajstić information content (AvgIpc) is 3.21. The van der Waals surface area contributed by atoms with Gasteiger partial charge in [0.1, 0.15) is 5.82 Å². The first-order chi connectivity index (χ1) is 13.6. The van der Waals surface area contributed by atoms with Gasteiger partial charge in [-0.05, 0) is 19.4 Å². The molecule has 5 heterocycles. The van der Waals surface area contributed by atoms with Crippen molar-refractivity contribution in [2.75, 3.05) is 35.2 Å². The summed E-state index contributed by atoms with van der Waals surface area (Å²) >= 11 is 0. The van der Waals surface area contributed by atoms with Crippen LogP contribution in [0.5, 0.6) is 0 Å². The third-order valence-corrected chi connectivity index (χ3v) is 5.57. The maximum absolute atomic E-state index is 6.03. The maximum atomic E-state index is 6.03. The highest BCUT2D eigenvalue weighted by Gasteiger charge is 2.38. The van der Waals surface area contributed by atoms with Crippen molar-refractivity contribution in [1.82, 2.24) is 24.5 Å². The van der Waals surface area contributed by atoms with Gasteiger partial charge in [0.25, 0.3) is 0 Å². The summed E-state index contributed by atoms with van der Waals surface area (Å²) < 4.78 is 7.81. The summed E-state index contributed by atoms with van der Waals surface area (Å²) in [6.07, 6.45) is 4.80. The molecule has 9 nitrogen and oxygen atoms in total. The average molecular weight is 380 g/mol. The fraction of sp³-hybridized carbons (Fsp3) is 0.474. The molecule has 2 N–H and O–H groups in total. The summed E-state index contributed by atoms with van der Waals surface area (Å²) in [7, 11) is 1.92. The van der Waals surface area contributed by atoms with Crippen molar-refractivity contribution in [3.05, 3.63) is 30.2 Å². The Hall–Kier alpha value is -2.94. The lowest BCUT2D eigenvalue weighted by Crippen LogP contribution is -2.38. The second kappa shape index (κ2) is 6.59. The van der Waals surface area contributed by atoms with Gasteiger partial charge in [-0.25, -0.2) is 9.97 Å². The van der Waals surface area contributed by atoms with Gasteiger partial charge in [-0.15, -0.1) is 0 Å². The summed E-state index contributed by atoms with van der Waals surface area (Å²) in [5, 5.41) is 0. The van der Waals surface area contributed by atoms with E-state index in [1.54, 1.807) is 6.33 Å². The Bertz CT molecular complexity index is 1020. The van der Waals surface area contributed by atoms with Crippen LogP contribution in [0.2, 0.25) is 0 Å². The molecule has 0 bridgehead atoms. The number of hydrogen-bond donors (Lipinski definition) is 1. The first kappa shape index (κ1) is 17.2. The summed E-state index contributed by atoms with van der Waals surface area (Å²) in [5.74, 6) is 2.08. The molecule has 0 unspecified atom stereocenters. The fourth-order valence-electron chi connectivity index (χ4n) is 4.39. The molecular weight excluding hydrogens is 356 g/mol. The van der Waals surface area contributed by atoms with E-state index in [-0.39, 0.29) is 12.1 Å². The zero-order valence-corrected chi connectivity index (χ0v) is 16.1. The van der Waals surface area contributed by atoms with Crippen LogP contribution in [0.1, 0.15) is 18.9 Å². The van der Waals surface area contributed by atoms with Gasteiger partial charge in [-0.3, -0.25) is 0 Å². The van der Waals surface area contributed by atoms with E-state index in [1.807, 2.05) is 30.8 Å². The molecule has 3 aromatic heterocycles. The summed E-state index contributed by atoms with van der Waals surface area (Å²) in [5.41, 5.74) is 8.72. The SMILES string of the molecule is CCO[C@@H]1C[C@H]2CN(c3nc(N)nc4c3ncn4C)Cc3cccnc3N2C1. The van der Waals surface area contributed by atoms with E-state index >= 15 is 0 Å². The first-order valence-corrected chi connectivity index (χ1v) is 9.65. The predicted octanol–water partition coefficient (Wildman–Crippen LogP) is 1.34. The normalized spacial score (nSPS) is 21.6. The predicted molar refractivity (Wildman–Crippen MR) is 107 cm³/mol. The highest BCUT2D eigenvalue weighted by atomic mass is 16.5. The van der Waals surface area contributed by atoms with Crippen molar-refractivity contribution in [2.45, 2.75) is 32.0 Å². The standard InChI is InChI=1S/C19H24N8O/c1-3-28-14-7-13-9-26(8-12-5-4-6-21-16(12)27(13)10-14)18-15-17(23-19(20)24-18)25(2)11-22-15/h4-6,11,13-14H,3,7-10H2,1-2H3,(H2,20,23,24)/t13-,14+/m0/s1. The molecule has 3 aromatic rings. The van der Waals surface area contributed by atoms with E-state index < -0.39 is 0 Å². The molecule has 0 amide bonds. The molecule has 5 rings (SSSR count). The number of anilines is 3. The highest BCUT2D eigenvalue weighted by molar-refractivity contribution is 5.85. The molecule has 2 aliphatic rings. The molecule has 0 radical (unpaired) electrons. The van der Waals surface area contributed by atoms with Crippen LogP contribution in [0.15, 0.2) is 24.7 Å². The van der Waals surface area contributed by atoms with Gasteiger partial charge in [0.15, 0.2) is 17.0 Å². The number of ether oxygens (including phenoxy) is 1. The second-order valence-electron chi connectivity index (χ2n) is 7.42. The Morgan fingerprint density at radius 3 is 2.96 bits per heavy atom. The van der Waals surface area contributed by atoms with Crippen LogP contribution >= 0.6 is 0 Å². The van der Waals surface area contributed by atoms with Crippen LogP contribution < -0.4 is 15.5 Å². The van der Waals surface area contributed by atoms with Crippen LogP contribution in [-0.2, 0) is 18.3 Å². The van der Waals surface area contributed by atoms with Crippen LogP contribution in [0.25, 0.3) is 11.2 Å². The van der Waals surface area contributed by atoms with Crippen LogP contribution in [0, 0.1) is 0 Å².